The average Bonchev–Trinajstić information content (AvgIpc) is 2.27. The molecule has 0 unspecified atom stereocenters. The molecule has 1 aromatic carbocycles. The molecule has 0 fully saturated rings. The summed E-state index contributed by atoms with van der Waals surface area (Å²) in [5, 5.41) is 11.3. The SMILES string of the molecule is [CH2]Cc1ccc([N+](=O)[O-])c2cccnc12. The highest BCUT2D eigenvalue weighted by atomic mass is 16.6. The summed E-state index contributed by atoms with van der Waals surface area (Å²) < 4.78 is 0. The van der Waals surface area contributed by atoms with Crippen molar-refractivity contribution in [3.8, 4) is 0 Å². The highest BCUT2D eigenvalue weighted by molar-refractivity contribution is 5.90. The number of nitro groups is 1. The fourth-order valence-electron chi connectivity index (χ4n) is 1.58. The van der Waals surface area contributed by atoms with Gasteiger partial charge in [-0.15, -0.1) is 0 Å². The van der Waals surface area contributed by atoms with E-state index in [-0.39, 0.29) is 5.69 Å². The third kappa shape index (κ3) is 1.54. The van der Waals surface area contributed by atoms with Crippen LogP contribution in [0.25, 0.3) is 10.9 Å². The highest BCUT2D eigenvalue weighted by Crippen LogP contribution is 2.26. The van der Waals surface area contributed by atoms with Crippen molar-refractivity contribution in [2.24, 2.45) is 0 Å². The third-order valence-corrected chi connectivity index (χ3v) is 2.30. The molecule has 0 saturated heterocycles. The zero-order chi connectivity index (χ0) is 10.8. The van der Waals surface area contributed by atoms with E-state index in [1.165, 1.54) is 6.07 Å². The predicted molar refractivity (Wildman–Crippen MR) is 57.5 cm³/mol. The van der Waals surface area contributed by atoms with Gasteiger partial charge in [0, 0.05) is 12.3 Å². The van der Waals surface area contributed by atoms with Gasteiger partial charge in [-0.25, -0.2) is 0 Å². The smallest absolute Gasteiger partial charge is 0.258 e. The molecule has 0 aliphatic rings. The van der Waals surface area contributed by atoms with E-state index in [0.717, 1.165) is 5.56 Å². The lowest BCUT2D eigenvalue weighted by molar-refractivity contribution is -0.383. The Labute approximate surface area is 86.7 Å². The number of nitrogens with zero attached hydrogens (tertiary/aromatic N) is 2. The van der Waals surface area contributed by atoms with E-state index in [4.69, 9.17) is 0 Å². The van der Waals surface area contributed by atoms with Crippen molar-refractivity contribution in [3.63, 3.8) is 0 Å². The zero-order valence-electron chi connectivity index (χ0n) is 8.01. The second-order valence-corrected chi connectivity index (χ2v) is 3.15. The molecule has 1 radical (unpaired) electrons. The van der Waals surface area contributed by atoms with Crippen molar-refractivity contribution in [2.45, 2.75) is 6.42 Å². The molecule has 0 aliphatic carbocycles. The van der Waals surface area contributed by atoms with Crippen molar-refractivity contribution < 1.29 is 4.92 Å². The van der Waals surface area contributed by atoms with Crippen LogP contribution in [0.5, 0.6) is 0 Å². The van der Waals surface area contributed by atoms with Gasteiger partial charge in [-0.3, -0.25) is 15.1 Å². The Kier molecular flexibility index (Phi) is 2.33. The van der Waals surface area contributed by atoms with Gasteiger partial charge in [-0.2, -0.15) is 0 Å². The van der Waals surface area contributed by atoms with Gasteiger partial charge in [0.15, 0.2) is 0 Å². The van der Waals surface area contributed by atoms with Gasteiger partial charge in [-0.05, 0) is 31.0 Å². The number of fused-ring (bicyclic) bond motifs is 1. The molecule has 4 nitrogen and oxygen atoms in total. The first-order valence-corrected chi connectivity index (χ1v) is 4.54. The molecule has 0 atom stereocenters. The van der Waals surface area contributed by atoms with E-state index >= 15 is 0 Å². The van der Waals surface area contributed by atoms with Crippen LogP contribution in [-0.2, 0) is 6.42 Å². The number of benzene rings is 1. The summed E-state index contributed by atoms with van der Waals surface area (Å²) in [6.45, 7) is 3.77. The Morgan fingerprint density at radius 1 is 1.40 bits per heavy atom. The van der Waals surface area contributed by atoms with Crippen molar-refractivity contribution in [1.29, 1.82) is 0 Å². The first-order chi connectivity index (χ1) is 7.24. The minimum atomic E-state index is -0.392. The first-order valence-electron chi connectivity index (χ1n) is 4.54. The standard InChI is InChI=1S/C11H9N2O2/c1-2-8-5-6-10(13(14)15)9-4-3-7-12-11(8)9/h3-7H,1-2H2. The molecule has 0 N–H and O–H groups in total. The van der Waals surface area contributed by atoms with Gasteiger partial charge in [0.1, 0.15) is 0 Å². The van der Waals surface area contributed by atoms with E-state index in [1.54, 1.807) is 24.4 Å². The molecular weight excluding hydrogens is 192 g/mol. The summed E-state index contributed by atoms with van der Waals surface area (Å²) in [7, 11) is 0. The maximum absolute atomic E-state index is 10.8. The lowest BCUT2D eigenvalue weighted by Crippen LogP contribution is -1.93. The van der Waals surface area contributed by atoms with Gasteiger partial charge < -0.3 is 0 Å². The minimum Gasteiger partial charge on any atom is -0.258 e. The number of hydrogen-bond acceptors (Lipinski definition) is 3. The average molecular weight is 201 g/mol. The van der Waals surface area contributed by atoms with Gasteiger partial charge in [-0.1, -0.05) is 6.07 Å². The molecule has 0 spiro atoms. The summed E-state index contributed by atoms with van der Waals surface area (Å²) in [5.41, 5.74) is 1.69. The molecule has 0 amide bonds. The normalized spacial score (nSPS) is 10.5. The van der Waals surface area contributed by atoms with Crippen LogP contribution in [0.1, 0.15) is 5.56 Å². The van der Waals surface area contributed by atoms with E-state index in [0.29, 0.717) is 17.3 Å². The maximum atomic E-state index is 10.8. The Morgan fingerprint density at radius 2 is 2.20 bits per heavy atom. The molecule has 4 heteroatoms. The van der Waals surface area contributed by atoms with Crippen LogP contribution in [0, 0.1) is 17.0 Å². The fraction of sp³-hybridized carbons (Fsp3) is 0.0909. The molecule has 2 rings (SSSR count). The topological polar surface area (TPSA) is 56.0 Å². The quantitative estimate of drug-likeness (QED) is 0.554. The summed E-state index contributed by atoms with van der Waals surface area (Å²) >= 11 is 0. The van der Waals surface area contributed by atoms with Crippen molar-refractivity contribution >= 4 is 16.6 Å². The second-order valence-electron chi connectivity index (χ2n) is 3.15. The number of rotatable bonds is 2. The van der Waals surface area contributed by atoms with Crippen LogP contribution in [0.4, 0.5) is 5.69 Å². The van der Waals surface area contributed by atoms with Crippen LogP contribution in [-0.4, -0.2) is 9.91 Å². The summed E-state index contributed by atoms with van der Waals surface area (Å²) in [5.74, 6) is 0. The molecule has 75 valence electrons. The van der Waals surface area contributed by atoms with E-state index in [1.807, 2.05) is 0 Å². The number of pyridine rings is 1. The van der Waals surface area contributed by atoms with E-state index < -0.39 is 4.92 Å². The van der Waals surface area contributed by atoms with Gasteiger partial charge in [0.25, 0.3) is 5.69 Å². The van der Waals surface area contributed by atoms with Crippen molar-refractivity contribution in [1.82, 2.24) is 4.98 Å². The Balaban J connectivity index is 2.83. The number of non-ortho nitro benzene ring substituents is 1. The Hall–Kier alpha value is -1.97. The number of aromatic nitrogens is 1. The third-order valence-electron chi connectivity index (χ3n) is 2.30. The Morgan fingerprint density at radius 3 is 2.87 bits per heavy atom. The van der Waals surface area contributed by atoms with Crippen molar-refractivity contribution in [2.75, 3.05) is 0 Å². The van der Waals surface area contributed by atoms with Crippen LogP contribution < -0.4 is 0 Å². The molecular formula is C11H9N2O2. The van der Waals surface area contributed by atoms with Crippen LogP contribution in [0.2, 0.25) is 0 Å². The molecule has 0 saturated carbocycles. The monoisotopic (exact) mass is 201 g/mol. The lowest BCUT2D eigenvalue weighted by Gasteiger charge is -2.03. The van der Waals surface area contributed by atoms with E-state index in [9.17, 15) is 10.1 Å². The Bertz CT molecular complexity index is 523. The molecule has 1 aromatic heterocycles. The maximum Gasteiger partial charge on any atom is 0.278 e. The van der Waals surface area contributed by atoms with Crippen LogP contribution >= 0.6 is 0 Å². The van der Waals surface area contributed by atoms with Gasteiger partial charge >= 0.3 is 0 Å². The molecule has 0 bridgehead atoms. The largest absolute Gasteiger partial charge is 0.278 e. The fourth-order valence-corrected chi connectivity index (χ4v) is 1.58. The second kappa shape index (κ2) is 3.65. The van der Waals surface area contributed by atoms with Crippen molar-refractivity contribution in [3.05, 3.63) is 53.1 Å². The van der Waals surface area contributed by atoms with E-state index in [2.05, 4.69) is 11.9 Å². The summed E-state index contributed by atoms with van der Waals surface area (Å²) in [6, 6.07) is 6.62. The summed E-state index contributed by atoms with van der Waals surface area (Å²) in [4.78, 5) is 14.5. The zero-order valence-corrected chi connectivity index (χ0v) is 8.01. The van der Waals surface area contributed by atoms with Gasteiger partial charge in [0.05, 0.1) is 15.8 Å². The van der Waals surface area contributed by atoms with Crippen LogP contribution in [0.15, 0.2) is 30.5 Å². The summed E-state index contributed by atoms with van der Waals surface area (Å²) in [6.07, 6.45) is 2.21. The highest BCUT2D eigenvalue weighted by Gasteiger charge is 2.13. The van der Waals surface area contributed by atoms with Crippen LogP contribution in [0.3, 0.4) is 0 Å². The number of nitro benzene ring substituents is 1. The molecule has 0 aliphatic heterocycles. The molecule has 2 aromatic rings. The number of hydrogen-bond donors (Lipinski definition) is 0. The molecule has 1 heterocycles. The molecule has 15 heavy (non-hydrogen) atoms. The lowest BCUT2D eigenvalue weighted by atomic mass is 10.1. The van der Waals surface area contributed by atoms with Gasteiger partial charge in [0.2, 0.25) is 0 Å². The predicted octanol–water partition coefficient (Wildman–Crippen LogP) is 2.52. The minimum absolute atomic E-state index is 0.0929. The first kappa shape index (κ1) is 9.58.